The number of thioether (sulfide) groups is 1. The first-order valence-electron chi connectivity index (χ1n) is 10.2. The first-order valence-corrected chi connectivity index (χ1v) is 11.2. The summed E-state index contributed by atoms with van der Waals surface area (Å²) in [5.74, 6) is 0.166. The quantitative estimate of drug-likeness (QED) is 0.270. The molecule has 0 spiro atoms. The van der Waals surface area contributed by atoms with Crippen molar-refractivity contribution in [3.05, 3.63) is 108 Å². The summed E-state index contributed by atoms with van der Waals surface area (Å²) >= 11 is 1.54. The summed E-state index contributed by atoms with van der Waals surface area (Å²) in [6, 6.07) is 23.0. The van der Waals surface area contributed by atoms with Crippen molar-refractivity contribution in [1.82, 2.24) is 19.7 Å². The highest BCUT2D eigenvalue weighted by molar-refractivity contribution is 7.98. The van der Waals surface area contributed by atoms with E-state index in [0.717, 1.165) is 27.4 Å². The van der Waals surface area contributed by atoms with Gasteiger partial charge in [0.2, 0.25) is 0 Å². The largest absolute Gasteiger partial charge is 0.322 e. The zero-order valence-corrected chi connectivity index (χ0v) is 18.2. The molecule has 3 aromatic carbocycles. The predicted molar refractivity (Wildman–Crippen MR) is 127 cm³/mol. The number of nitrogens with zero attached hydrogens (tertiary/aromatic N) is 4. The minimum Gasteiger partial charge on any atom is -0.322 e. The first kappa shape index (κ1) is 20.8. The molecule has 0 fully saturated rings. The monoisotopic (exact) mass is 455 g/mol. The highest BCUT2D eigenvalue weighted by atomic mass is 32.2. The molecule has 0 saturated heterocycles. The van der Waals surface area contributed by atoms with E-state index in [9.17, 15) is 9.18 Å². The Morgan fingerprint density at radius 2 is 1.79 bits per heavy atom. The molecule has 0 aliphatic carbocycles. The maximum Gasteiger partial charge on any atom is 0.255 e. The predicted octanol–water partition coefficient (Wildman–Crippen LogP) is 5.50. The summed E-state index contributed by atoms with van der Waals surface area (Å²) in [7, 11) is 0. The zero-order chi connectivity index (χ0) is 22.6. The molecule has 0 aliphatic heterocycles. The smallest absolute Gasteiger partial charge is 0.255 e. The number of anilines is 1. The molecule has 5 rings (SSSR count). The van der Waals surface area contributed by atoms with Gasteiger partial charge in [-0.2, -0.15) is 5.10 Å². The third-order valence-corrected chi connectivity index (χ3v) is 6.07. The molecule has 0 aliphatic rings. The molecule has 1 N–H and O–H groups in total. The van der Waals surface area contributed by atoms with Crippen molar-refractivity contribution in [3.63, 3.8) is 0 Å². The summed E-state index contributed by atoms with van der Waals surface area (Å²) in [6.45, 7) is 0. The molecular weight excluding hydrogens is 437 g/mol. The fourth-order valence-electron chi connectivity index (χ4n) is 3.39. The lowest BCUT2D eigenvalue weighted by molar-refractivity contribution is 0.102. The molecule has 2 heterocycles. The van der Waals surface area contributed by atoms with E-state index < -0.39 is 0 Å². The van der Waals surface area contributed by atoms with Gasteiger partial charge in [0.1, 0.15) is 17.2 Å². The second kappa shape index (κ2) is 9.22. The second-order valence-corrected chi connectivity index (χ2v) is 8.22. The number of hydrogen-bond acceptors (Lipinski definition) is 5. The number of hydrogen-bond donors (Lipinski definition) is 1. The Hall–Kier alpha value is -4.04. The first-order chi connectivity index (χ1) is 16.2. The van der Waals surface area contributed by atoms with E-state index in [1.54, 1.807) is 40.8 Å². The highest BCUT2D eigenvalue weighted by Gasteiger charge is 2.13. The number of carbonyl (C=O) groups excluding carboxylic acids is 1. The van der Waals surface area contributed by atoms with Crippen molar-refractivity contribution >= 4 is 34.4 Å². The summed E-state index contributed by atoms with van der Waals surface area (Å²) in [5.41, 5.74) is 3.71. The van der Waals surface area contributed by atoms with E-state index >= 15 is 0 Å². The topological polar surface area (TPSA) is 72.7 Å². The number of fused-ring (bicyclic) bond motifs is 1. The van der Waals surface area contributed by atoms with Crippen LogP contribution in [-0.2, 0) is 5.75 Å². The van der Waals surface area contributed by atoms with Crippen LogP contribution < -0.4 is 5.32 Å². The van der Waals surface area contributed by atoms with Gasteiger partial charge in [-0.05, 0) is 54.1 Å². The van der Waals surface area contributed by atoms with Crippen LogP contribution in [0.15, 0.2) is 96.4 Å². The molecular formula is C25H18FN5OS. The van der Waals surface area contributed by atoms with Gasteiger partial charge in [0, 0.05) is 17.0 Å². The number of para-hydroxylation sites is 1. The average molecular weight is 456 g/mol. The second-order valence-electron chi connectivity index (χ2n) is 7.26. The van der Waals surface area contributed by atoms with Gasteiger partial charge in [-0.3, -0.25) is 4.79 Å². The van der Waals surface area contributed by atoms with Crippen LogP contribution >= 0.6 is 11.8 Å². The molecule has 33 heavy (non-hydrogen) atoms. The van der Waals surface area contributed by atoms with Gasteiger partial charge >= 0.3 is 0 Å². The molecule has 6 nitrogen and oxygen atoms in total. The number of aromatic nitrogens is 4. The maximum absolute atomic E-state index is 13.3. The van der Waals surface area contributed by atoms with Crippen LogP contribution in [0.2, 0.25) is 0 Å². The van der Waals surface area contributed by atoms with Gasteiger partial charge in [0.05, 0.1) is 17.3 Å². The van der Waals surface area contributed by atoms with Crippen LogP contribution in [0.4, 0.5) is 10.1 Å². The Balaban J connectivity index is 1.33. The summed E-state index contributed by atoms with van der Waals surface area (Å²) in [4.78, 5) is 21.4. The van der Waals surface area contributed by atoms with Crippen LogP contribution in [0.1, 0.15) is 15.9 Å². The molecule has 2 aromatic heterocycles. The number of nitrogens with one attached hydrogen (secondary N) is 1. The number of carbonyl (C=O) groups is 1. The standard InChI is InChI=1S/C25H18FN5OS/c26-19-9-11-21(12-10-19)31-23-22(14-29-31)25(28-16-27-23)33-15-17-5-4-6-18(13-17)24(32)30-20-7-2-1-3-8-20/h1-14,16H,15H2,(H,30,32). The Kier molecular flexibility index (Phi) is 5.82. The van der Waals surface area contributed by atoms with Gasteiger partial charge in [-0.1, -0.05) is 30.3 Å². The van der Waals surface area contributed by atoms with E-state index in [1.165, 1.54) is 18.5 Å². The van der Waals surface area contributed by atoms with Gasteiger partial charge in [0.25, 0.3) is 5.91 Å². The molecule has 0 radical (unpaired) electrons. The van der Waals surface area contributed by atoms with Crippen molar-refractivity contribution < 1.29 is 9.18 Å². The molecule has 0 unspecified atom stereocenters. The van der Waals surface area contributed by atoms with E-state index in [4.69, 9.17) is 0 Å². The third kappa shape index (κ3) is 4.61. The molecule has 0 saturated carbocycles. The number of benzene rings is 3. The third-order valence-electron chi connectivity index (χ3n) is 5.00. The fraction of sp³-hybridized carbons (Fsp3) is 0.0400. The fourth-order valence-corrected chi connectivity index (χ4v) is 4.29. The van der Waals surface area contributed by atoms with Crippen LogP contribution in [0.3, 0.4) is 0 Å². The Morgan fingerprint density at radius 1 is 0.970 bits per heavy atom. The van der Waals surface area contributed by atoms with Crippen LogP contribution in [-0.4, -0.2) is 25.7 Å². The average Bonchev–Trinajstić information content (AvgIpc) is 3.29. The van der Waals surface area contributed by atoms with Crippen LogP contribution in [0.25, 0.3) is 16.7 Å². The maximum atomic E-state index is 13.3. The molecule has 0 atom stereocenters. The van der Waals surface area contributed by atoms with Gasteiger partial charge in [-0.15, -0.1) is 11.8 Å². The van der Waals surface area contributed by atoms with Crippen molar-refractivity contribution in [2.45, 2.75) is 10.8 Å². The lowest BCUT2D eigenvalue weighted by Gasteiger charge is -2.07. The lowest BCUT2D eigenvalue weighted by atomic mass is 10.1. The van der Waals surface area contributed by atoms with E-state index in [2.05, 4.69) is 20.4 Å². The van der Waals surface area contributed by atoms with Crippen LogP contribution in [0.5, 0.6) is 0 Å². The molecule has 1 amide bonds. The van der Waals surface area contributed by atoms with E-state index in [1.807, 2.05) is 48.5 Å². The molecule has 5 aromatic rings. The summed E-state index contributed by atoms with van der Waals surface area (Å²) in [6.07, 6.45) is 3.21. The van der Waals surface area contributed by atoms with Gasteiger partial charge in [0.15, 0.2) is 5.65 Å². The van der Waals surface area contributed by atoms with E-state index in [-0.39, 0.29) is 11.7 Å². The Labute approximate surface area is 193 Å². The number of halogens is 1. The lowest BCUT2D eigenvalue weighted by Crippen LogP contribution is -2.11. The van der Waals surface area contributed by atoms with Crippen LogP contribution in [0, 0.1) is 5.82 Å². The summed E-state index contributed by atoms with van der Waals surface area (Å²) in [5, 5.41) is 8.91. The van der Waals surface area contributed by atoms with E-state index in [0.29, 0.717) is 17.0 Å². The normalized spacial score (nSPS) is 10.9. The SMILES string of the molecule is O=C(Nc1ccccc1)c1cccc(CSc2ncnc3c2cnn3-c2ccc(F)cc2)c1. The molecule has 0 bridgehead atoms. The van der Waals surface area contributed by atoms with Crippen molar-refractivity contribution in [2.75, 3.05) is 5.32 Å². The minimum atomic E-state index is -0.305. The number of amides is 1. The van der Waals surface area contributed by atoms with Gasteiger partial charge in [-0.25, -0.2) is 19.0 Å². The Bertz CT molecular complexity index is 1420. The van der Waals surface area contributed by atoms with Crippen molar-refractivity contribution in [3.8, 4) is 5.69 Å². The summed E-state index contributed by atoms with van der Waals surface area (Å²) < 4.78 is 14.9. The zero-order valence-electron chi connectivity index (χ0n) is 17.4. The van der Waals surface area contributed by atoms with Crippen molar-refractivity contribution in [1.29, 1.82) is 0 Å². The Morgan fingerprint density at radius 3 is 2.61 bits per heavy atom. The van der Waals surface area contributed by atoms with Gasteiger partial charge < -0.3 is 5.32 Å². The highest BCUT2D eigenvalue weighted by Crippen LogP contribution is 2.28. The number of rotatable bonds is 6. The van der Waals surface area contributed by atoms with Crippen molar-refractivity contribution in [2.24, 2.45) is 0 Å². The molecule has 8 heteroatoms. The minimum absolute atomic E-state index is 0.155. The molecule has 162 valence electrons.